The fourth-order valence-corrected chi connectivity index (χ4v) is 3.48. The van der Waals surface area contributed by atoms with Crippen LogP contribution in [-0.4, -0.2) is 11.7 Å². The van der Waals surface area contributed by atoms with Gasteiger partial charge in [-0.05, 0) is 35.7 Å². The summed E-state index contributed by atoms with van der Waals surface area (Å²) < 4.78 is 0. The van der Waals surface area contributed by atoms with Crippen molar-refractivity contribution in [1.82, 2.24) is 0 Å². The molecule has 0 aliphatic carbocycles. The zero-order valence-electron chi connectivity index (χ0n) is 14.0. The van der Waals surface area contributed by atoms with Gasteiger partial charge in [-0.25, -0.2) is 0 Å². The van der Waals surface area contributed by atoms with Gasteiger partial charge >= 0.3 is 0 Å². The molecule has 0 heterocycles. The molecule has 0 radical (unpaired) electrons. The molecule has 0 bridgehead atoms. The lowest BCUT2D eigenvalue weighted by Gasteiger charge is -2.11. The third kappa shape index (κ3) is 5.50. The Kier molecular flexibility index (Phi) is 6.29. The molecule has 0 aliphatic rings. The van der Waals surface area contributed by atoms with Crippen molar-refractivity contribution in [2.24, 2.45) is 0 Å². The van der Waals surface area contributed by atoms with E-state index in [2.05, 4.69) is 35.6 Å². The fraction of sp³-hybridized carbons (Fsp3) is 0.136. The highest BCUT2D eigenvalue weighted by atomic mass is 32.2. The number of anilines is 1. The Morgan fingerprint density at radius 2 is 1.44 bits per heavy atom. The summed E-state index contributed by atoms with van der Waals surface area (Å²) in [5.41, 5.74) is 3.28. The molecule has 3 heteroatoms. The third-order valence-corrected chi connectivity index (χ3v) is 4.88. The Bertz CT molecular complexity index is 803. The topological polar surface area (TPSA) is 29.1 Å². The van der Waals surface area contributed by atoms with Crippen molar-refractivity contribution in [3.8, 4) is 0 Å². The summed E-state index contributed by atoms with van der Waals surface area (Å²) in [6.45, 7) is 0. The van der Waals surface area contributed by atoms with E-state index in [9.17, 15) is 4.79 Å². The largest absolute Gasteiger partial charge is 0.326 e. The first kappa shape index (κ1) is 17.3. The van der Waals surface area contributed by atoms with Crippen LogP contribution < -0.4 is 5.32 Å². The molecule has 0 saturated heterocycles. The molecular weight excluding hydrogens is 326 g/mol. The second-order valence-electron chi connectivity index (χ2n) is 5.78. The van der Waals surface area contributed by atoms with Gasteiger partial charge < -0.3 is 5.32 Å². The molecule has 3 aromatic rings. The monoisotopic (exact) mass is 347 g/mol. The van der Waals surface area contributed by atoms with Gasteiger partial charge in [0.25, 0.3) is 0 Å². The molecule has 0 aliphatic heterocycles. The van der Waals surface area contributed by atoms with E-state index in [0.717, 1.165) is 23.4 Å². The van der Waals surface area contributed by atoms with Crippen LogP contribution >= 0.6 is 11.8 Å². The maximum atomic E-state index is 12.3. The Hall–Kier alpha value is -2.52. The Morgan fingerprint density at radius 3 is 2.20 bits per heavy atom. The average molecular weight is 347 g/mol. The number of carbonyl (C=O) groups is 1. The van der Waals surface area contributed by atoms with Crippen molar-refractivity contribution in [2.75, 3.05) is 11.1 Å². The van der Waals surface area contributed by atoms with Crippen LogP contribution in [0.25, 0.3) is 0 Å². The van der Waals surface area contributed by atoms with Crippen molar-refractivity contribution in [3.05, 3.63) is 96.1 Å². The van der Waals surface area contributed by atoms with Gasteiger partial charge in [0, 0.05) is 22.8 Å². The van der Waals surface area contributed by atoms with E-state index >= 15 is 0 Å². The molecule has 0 aromatic heterocycles. The predicted octanol–water partition coefficient (Wildman–Crippen LogP) is 5.40. The number of amides is 1. The number of para-hydroxylation sites is 1. The van der Waals surface area contributed by atoms with Crippen molar-refractivity contribution in [3.63, 3.8) is 0 Å². The number of thioether (sulfide) groups is 1. The van der Waals surface area contributed by atoms with Crippen molar-refractivity contribution in [1.29, 1.82) is 0 Å². The highest BCUT2D eigenvalue weighted by molar-refractivity contribution is 7.99. The first-order chi connectivity index (χ1) is 12.3. The molecule has 0 saturated carbocycles. The maximum Gasteiger partial charge on any atom is 0.225 e. The zero-order valence-corrected chi connectivity index (χ0v) is 14.8. The minimum atomic E-state index is 0.0592. The lowest BCUT2D eigenvalue weighted by Crippen LogP contribution is -2.13. The Balaban J connectivity index is 1.56. The number of benzene rings is 3. The fourth-order valence-electron chi connectivity index (χ4n) is 2.60. The molecule has 1 amide bonds. The molecule has 25 heavy (non-hydrogen) atoms. The van der Waals surface area contributed by atoms with Crippen LogP contribution in [0, 0.1) is 0 Å². The summed E-state index contributed by atoms with van der Waals surface area (Å²) in [6.07, 6.45) is 1.31. The van der Waals surface area contributed by atoms with Crippen molar-refractivity contribution < 1.29 is 4.79 Å². The van der Waals surface area contributed by atoms with Gasteiger partial charge in [0.1, 0.15) is 0 Å². The molecule has 0 fully saturated rings. The minimum Gasteiger partial charge on any atom is -0.326 e. The average Bonchev–Trinajstić information content (AvgIpc) is 2.65. The van der Waals surface area contributed by atoms with E-state index in [4.69, 9.17) is 0 Å². The smallest absolute Gasteiger partial charge is 0.225 e. The molecule has 1 N–H and O–H groups in total. The molecule has 0 unspecified atom stereocenters. The number of nitrogens with one attached hydrogen (secondary N) is 1. The third-order valence-electron chi connectivity index (χ3n) is 3.87. The molecule has 3 aromatic carbocycles. The number of carbonyl (C=O) groups excluding carboxylic acids is 1. The highest BCUT2D eigenvalue weighted by Gasteiger charge is 2.07. The molecule has 126 valence electrons. The van der Waals surface area contributed by atoms with E-state index in [0.29, 0.717) is 6.42 Å². The lowest BCUT2D eigenvalue weighted by molar-refractivity contribution is -0.115. The molecular formula is C22H21NOS. The SMILES string of the molecule is O=C(CCSc1ccccc1)Nc1ccccc1Cc1ccccc1. The summed E-state index contributed by atoms with van der Waals surface area (Å²) in [5.74, 6) is 0.834. The second-order valence-corrected chi connectivity index (χ2v) is 6.95. The Labute approximate surface area is 153 Å². The van der Waals surface area contributed by atoms with E-state index < -0.39 is 0 Å². The number of hydrogen-bond acceptors (Lipinski definition) is 2. The van der Waals surface area contributed by atoms with Gasteiger partial charge in [0.15, 0.2) is 0 Å². The maximum absolute atomic E-state index is 12.3. The van der Waals surface area contributed by atoms with Gasteiger partial charge in [-0.2, -0.15) is 0 Å². The molecule has 3 rings (SSSR count). The minimum absolute atomic E-state index is 0.0592. The first-order valence-corrected chi connectivity index (χ1v) is 9.39. The van der Waals surface area contributed by atoms with E-state index in [1.165, 1.54) is 10.5 Å². The van der Waals surface area contributed by atoms with Gasteiger partial charge in [-0.3, -0.25) is 4.79 Å². The van der Waals surface area contributed by atoms with Crippen LogP contribution in [0.5, 0.6) is 0 Å². The number of hydrogen-bond donors (Lipinski definition) is 1. The van der Waals surface area contributed by atoms with Crippen LogP contribution in [0.1, 0.15) is 17.5 Å². The first-order valence-electron chi connectivity index (χ1n) is 8.41. The van der Waals surface area contributed by atoms with Gasteiger partial charge in [0.2, 0.25) is 5.91 Å². The molecule has 0 atom stereocenters. The van der Waals surface area contributed by atoms with Crippen LogP contribution in [0.3, 0.4) is 0 Å². The normalized spacial score (nSPS) is 10.4. The number of rotatable bonds is 7. The lowest BCUT2D eigenvalue weighted by atomic mass is 10.0. The summed E-state index contributed by atoms with van der Waals surface area (Å²) in [7, 11) is 0. The van der Waals surface area contributed by atoms with Gasteiger partial charge in [-0.15, -0.1) is 11.8 Å². The van der Waals surface area contributed by atoms with Gasteiger partial charge in [-0.1, -0.05) is 66.7 Å². The molecule has 2 nitrogen and oxygen atoms in total. The summed E-state index contributed by atoms with van der Waals surface area (Å²) in [4.78, 5) is 13.5. The van der Waals surface area contributed by atoms with Crippen LogP contribution in [0.15, 0.2) is 89.8 Å². The van der Waals surface area contributed by atoms with Gasteiger partial charge in [0.05, 0.1) is 0 Å². The van der Waals surface area contributed by atoms with Crippen LogP contribution in [0.2, 0.25) is 0 Å². The Morgan fingerprint density at radius 1 is 0.800 bits per heavy atom. The van der Waals surface area contributed by atoms with E-state index in [-0.39, 0.29) is 5.91 Å². The van der Waals surface area contributed by atoms with Crippen LogP contribution in [0.4, 0.5) is 5.69 Å². The van der Waals surface area contributed by atoms with E-state index in [1.54, 1.807) is 11.8 Å². The standard InChI is InChI=1S/C22H21NOS/c24-22(15-16-25-20-12-5-2-6-13-20)23-21-14-8-7-11-19(21)17-18-9-3-1-4-10-18/h1-14H,15-17H2,(H,23,24). The van der Waals surface area contributed by atoms with Crippen molar-refractivity contribution in [2.45, 2.75) is 17.7 Å². The summed E-state index contributed by atoms with van der Waals surface area (Å²) in [6, 6.07) is 28.5. The predicted molar refractivity (Wildman–Crippen MR) is 106 cm³/mol. The zero-order chi connectivity index (χ0) is 17.3. The summed E-state index contributed by atoms with van der Waals surface area (Å²) >= 11 is 1.71. The second kappa shape index (κ2) is 9.09. The van der Waals surface area contributed by atoms with Crippen LogP contribution in [-0.2, 0) is 11.2 Å². The quantitative estimate of drug-likeness (QED) is 0.580. The molecule has 0 spiro atoms. The van der Waals surface area contributed by atoms with E-state index in [1.807, 2.05) is 54.6 Å². The highest BCUT2D eigenvalue weighted by Crippen LogP contribution is 2.21. The summed E-state index contributed by atoms with van der Waals surface area (Å²) in [5, 5.41) is 3.06. The van der Waals surface area contributed by atoms with Crippen molar-refractivity contribution >= 4 is 23.4 Å².